The van der Waals surface area contributed by atoms with Gasteiger partial charge in [-0.25, -0.2) is 0 Å². The molecule has 1 amide bonds. The first kappa shape index (κ1) is 49.1. The fourth-order valence-corrected chi connectivity index (χ4v) is 6.49. The molecule has 0 heterocycles. The number of allylic oxidation sites excluding steroid dienone is 6. The summed E-state index contributed by atoms with van der Waals surface area (Å²) >= 11 is 0. The van der Waals surface area contributed by atoms with Crippen molar-refractivity contribution >= 4 is 11.9 Å². The van der Waals surface area contributed by atoms with Crippen molar-refractivity contribution in [2.45, 2.75) is 232 Å². The molecule has 0 spiro atoms. The van der Waals surface area contributed by atoms with Gasteiger partial charge in [-0.05, 0) is 44.9 Å². The number of hydrogen-bond acceptors (Lipinski definition) is 5. The number of carbonyl (C=O) groups is 2. The van der Waals surface area contributed by atoms with Gasteiger partial charge in [0, 0.05) is 6.42 Å². The average molecular weight is 718 g/mol. The second-order valence-corrected chi connectivity index (χ2v) is 14.8. The highest BCUT2D eigenvalue weighted by molar-refractivity contribution is 5.77. The molecule has 0 bridgehead atoms. The molecule has 298 valence electrons. The molecule has 3 unspecified atom stereocenters. The summed E-state index contributed by atoms with van der Waals surface area (Å²) in [5, 5.41) is 23.5. The monoisotopic (exact) mass is 718 g/mol. The maximum absolute atomic E-state index is 13.1. The number of aliphatic hydroxyl groups is 2. The Hall–Kier alpha value is -1.92. The van der Waals surface area contributed by atoms with E-state index >= 15 is 0 Å². The van der Waals surface area contributed by atoms with Crippen molar-refractivity contribution < 1.29 is 24.5 Å². The second-order valence-electron chi connectivity index (χ2n) is 14.8. The maximum atomic E-state index is 13.1. The van der Waals surface area contributed by atoms with Crippen LogP contribution in [-0.2, 0) is 14.3 Å². The standard InChI is InChI=1S/C45H83NO5/c1-4-7-10-13-16-19-21-22-23-26-29-32-35-38-45(50)51-41(36-33-30-27-25-20-17-14-11-8-5-2)39-44(49)46-42(40-47)43(48)37-34-31-28-24-18-15-12-9-6-3/h7,10,13,16,19,21,41-43,47-48H,4-6,8-9,11-12,14-15,17-18,20,22-40H2,1-3H3,(H,46,49)/b10-7+,16-13+,21-19-. The first-order valence-corrected chi connectivity index (χ1v) is 21.7. The Morgan fingerprint density at radius 2 is 1.06 bits per heavy atom. The zero-order valence-corrected chi connectivity index (χ0v) is 33.7. The van der Waals surface area contributed by atoms with Gasteiger partial charge in [0.15, 0.2) is 0 Å². The number of hydrogen-bond donors (Lipinski definition) is 3. The van der Waals surface area contributed by atoms with E-state index in [1.165, 1.54) is 89.9 Å². The van der Waals surface area contributed by atoms with Gasteiger partial charge < -0.3 is 20.3 Å². The largest absolute Gasteiger partial charge is 0.462 e. The fraction of sp³-hybridized carbons (Fsp3) is 0.822. The molecule has 0 aliphatic carbocycles. The van der Waals surface area contributed by atoms with Crippen LogP contribution < -0.4 is 5.32 Å². The summed E-state index contributed by atoms with van der Waals surface area (Å²) in [5.41, 5.74) is 0. The van der Waals surface area contributed by atoms with E-state index in [9.17, 15) is 19.8 Å². The lowest BCUT2D eigenvalue weighted by Crippen LogP contribution is -2.46. The fourth-order valence-electron chi connectivity index (χ4n) is 6.49. The SMILES string of the molecule is CC/C=C/C=C/C=C\CCCCCCCC(=O)OC(CCCCCCCCCCCC)CC(=O)NC(CO)C(O)CCCCCCCCCCC. The third-order valence-electron chi connectivity index (χ3n) is 9.79. The molecule has 0 radical (unpaired) electrons. The van der Waals surface area contributed by atoms with E-state index in [1.54, 1.807) is 0 Å². The van der Waals surface area contributed by atoms with E-state index in [2.05, 4.69) is 62.5 Å². The maximum Gasteiger partial charge on any atom is 0.306 e. The average Bonchev–Trinajstić information content (AvgIpc) is 3.12. The molecule has 0 saturated carbocycles. The zero-order chi connectivity index (χ0) is 37.5. The summed E-state index contributed by atoms with van der Waals surface area (Å²) in [6.07, 6.45) is 43.5. The van der Waals surface area contributed by atoms with Crippen LogP contribution in [0.4, 0.5) is 0 Å². The minimum atomic E-state index is -0.785. The molecule has 3 atom stereocenters. The highest BCUT2D eigenvalue weighted by Crippen LogP contribution is 2.17. The Morgan fingerprint density at radius 1 is 0.588 bits per heavy atom. The number of amides is 1. The predicted molar refractivity (Wildman–Crippen MR) is 218 cm³/mol. The molecule has 0 saturated heterocycles. The van der Waals surface area contributed by atoms with Crippen molar-refractivity contribution in [2.24, 2.45) is 0 Å². The molecule has 51 heavy (non-hydrogen) atoms. The van der Waals surface area contributed by atoms with Gasteiger partial charge in [-0.3, -0.25) is 9.59 Å². The van der Waals surface area contributed by atoms with E-state index in [0.717, 1.165) is 77.0 Å². The van der Waals surface area contributed by atoms with Crippen LogP contribution in [-0.4, -0.2) is 46.9 Å². The first-order valence-electron chi connectivity index (χ1n) is 21.7. The van der Waals surface area contributed by atoms with Crippen molar-refractivity contribution in [3.05, 3.63) is 36.5 Å². The van der Waals surface area contributed by atoms with E-state index in [1.807, 2.05) is 0 Å². The van der Waals surface area contributed by atoms with E-state index in [-0.39, 0.29) is 24.9 Å². The molecule has 3 N–H and O–H groups in total. The summed E-state index contributed by atoms with van der Waals surface area (Å²) in [7, 11) is 0. The summed E-state index contributed by atoms with van der Waals surface area (Å²) in [6, 6.07) is -0.699. The Morgan fingerprint density at radius 3 is 1.59 bits per heavy atom. The van der Waals surface area contributed by atoms with Crippen LogP contribution in [0.3, 0.4) is 0 Å². The van der Waals surface area contributed by atoms with Crippen LogP contribution in [0.25, 0.3) is 0 Å². The summed E-state index contributed by atoms with van der Waals surface area (Å²) in [5.74, 6) is -0.497. The van der Waals surface area contributed by atoms with Crippen LogP contribution in [0.2, 0.25) is 0 Å². The molecule has 0 aromatic carbocycles. The lowest BCUT2D eigenvalue weighted by atomic mass is 10.0. The summed E-state index contributed by atoms with van der Waals surface area (Å²) in [6.45, 7) is 6.30. The minimum Gasteiger partial charge on any atom is -0.462 e. The first-order chi connectivity index (χ1) is 25.0. The quantitative estimate of drug-likeness (QED) is 0.0336. The van der Waals surface area contributed by atoms with Gasteiger partial charge in [-0.15, -0.1) is 0 Å². The van der Waals surface area contributed by atoms with Crippen LogP contribution >= 0.6 is 0 Å². The molecule has 0 aliphatic heterocycles. The Kier molecular flexibility index (Phi) is 37.8. The van der Waals surface area contributed by atoms with Crippen molar-refractivity contribution in [1.82, 2.24) is 5.32 Å². The molecule has 0 aromatic rings. The van der Waals surface area contributed by atoms with E-state index < -0.39 is 18.2 Å². The third kappa shape index (κ3) is 34.9. The number of carbonyl (C=O) groups excluding carboxylic acids is 2. The lowest BCUT2D eigenvalue weighted by molar-refractivity contribution is -0.151. The van der Waals surface area contributed by atoms with Gasteiger partial charge in [0.05, 0.1) is 25.2 Å². The van der Waals surface area contributed by atoms with Gasteiger partial charge in [0.1, 0.15) is 6.10 Å². The Bertz CT molecular complexity index is 854. The van der Waals surface area contributed by atoms with Gasteiger partial charge in [0.2, 0.25) is 5.91 Å². The summed E-state index contributed by atoms with van der Waals surface area (Å²) in [4.78, 5) is 25.9. The van der Waals surface area contributed by atoms with Crippen LogP contribution in [0.1, 0.15) is 213 Å². The zero-order valence-electron chi connectivity index (χ0n) is 33.7. The van der Waals surface area contributed by atoms with Gasteiger partial charge in [-0.2, -0.15) is 0 Å². The number of nitrogens with one attached hydrogen (secondary N) is 1. The molecule has 6 heteroatoms. The van der Waals surface area contributed by atoms with Crippen molar-refractivity contribution in [3.8, 4) is 0 Å². The highest BCUT2D eigenvalue weighted by atomic mass is 16.5. The molecule has 0 aliphatic rings. The molecule has 0 fully saturated rings. The molecule has 0 aromatic heterocycles. The van der Waals surface area contributed by atoms with Gasteiger partial charge >= 0.3 is 5.97 Å². The number of ether oxygens (including phenoxy) is 1. The topological polar surface area (TPSA) is 95.9 Å². The lowest BCUT2D eigenvalue weighted by Gasteiger charge is -2.24. The Balaban J connectivity index is 4.60. The molecule has 6 nitrogen and oxygen atoms in total. The minimum absolute atomic E-state index is 0.0714. The van der Waals surface area contributed by atoms with E-state index in [4.69, 9.17) is 4.74 Å². The highest BCUT2D eigenvalue weighted by Gasteiger charge is 2.24. The van der Waals surface area contributed by atoms with Crippen molar-refractivity contribution in [2.75, 3.05) is 6.61 Å². The number of aliphatic hydroxyl groups excluding tert-OH is 2. The van der Waals surface area contributed by atoms with Crippen LogP contribution in [0.15, 0.2) is 36.5 Å². The number of unbranched alkanes of at least 4 members (excludes halogenated alkanes) is 22. The number of rotatable bonds is 38. The van der Waals surface area contributed by atoms with E-state index in [0.29, 0.717) is 19.3 Å². The van der Waals surface area contributed by atoms with Crippen molar-refractivity contribution in [1.29, 1.82) is 0 Å². The number of esters is 1. The third-order valence-corrected chi connectivity index (χ3v) is 9.79. The van der Waals surface area contributed by atoms with Crippen molar-refractivity contribution in [3.63, 3.8) is 0 Å². The van der Waals surface area contributed by atoms with Crippen LogP contribution in [0.5, 0.6) is 0 Å². The Labute approximate surface area is 315 Å². The predicted octanol–water partition coefficient (Wildman–Crippen LogP) is 12.2. The smallest absolute Gasteiger partial charge is 0.306 e. The molecule has 0 rings (SSSR count). The van der Waals surface area contributed by atoms with Crippen LogP contribution in [0, 0.1) is 0 Å². The molecular formula is C45H83NO5. The van der Waals surface area contributed by atoms with Gasteiger partial charge in [-0.1, -0.05) is 192 Å². The normalized spacial score (nSPS) is 13.7. The second kappa shape index (κ2) is 39.3. The van der Waals surface area contributed by atoms with Gasteiger partial charge in [0.25, 0.3) is 0 Å². The molecular weight excluding hydrogens is 634 g/mol. The summed E-state index contributed by atoms with van der Waals surface area (Å²) < 4.78 is 5.87.